The summed E-state index contributed by atoms with van der Waals surface area (Å²) in [6.45, 7) is 5.51. The van der Waals surface area contributed by atoms with Crippen LogP contribution < -0.4 is 10.1 Å². The molecule has 0 unspecified atom stereocenters. The lowest BCUT2D eigenvalue weighted by Gasteiger charge is -2.20. The summed E-state index contributed by atoms with van der Waals surface area (Å²) in [5.74, 6) is 1.43. The Kier molecular flexibility index (Phi) is 5.15. The van der Waals surface area contributed by atoms with Crippen molar-refractivity contribution in [3.63, 3.8) is 0 Å². The smallest absolute Gasteiger partial charge is 0.263 e. The third-order valence-corrected chi connectivity index (χ3v) is 4.09. The summed E-state index contributed by atoms with van der Waals surface area (Å²) in [6, 6.07) is 7.79. The lowest BCUT2D eigenvalue weighted by atomic mass is 9.97. The van der Waals surface area contributed by atoms with E-state index in [4.69, 9.17) is 9.47 Å². The molecule has 0 saturated carbocycles. The van der Waals surface area contributed by atoms with Crippen LogP contribution in [0.25, 0.3) is 0 Å². The van der Waals surface area contributed by atoms with Gasteiger partial charge in [0.05, 0.1) is 0 Å². The molecular weight excluding hydrogens is 306 g/mol. The molecule has 1 aromatic heterocycles. The maximum atomic E-state index is 12.0. The molecule has 2 heterocycles. The Balaban J connectivity index is 1.52. The number of anilines is 1. The number of hydrogen-bond acceptors (Lipinski definition) is 4. The summed E-state index contributed by atoms with van der Waals surface area (Å²) in [7, 11) is 0. The van der Waals surface area contributed by atoms with Gasteiger partial charge in [-0.05, 0) is 49.9 Å². The fourth-order valence-corrected chi connectivity index (χ4v) is 2.96. The zero-order chi connectivity index (χ0) is 16.9. The minimum atomic E-state index is -0.223. The highest BCUT2D eigenvalue weighted by molar-refractivity contribution is 5.91. The number of hydrogen-bond donors (Lipinski definition) is 2. The summed E-state index contributed by atoms with van der Waals surface area (Å²) >= 11 is 0. The van der Waals surface area contributed by atoms with Crippen molar-refractivity contribution in [1.82, 2.24) is 10.2 Å². The molecule has 0 bridgehead atoms. The fourth-order valence-electron chi connectivity index (χ4n) is 2.96. The Morgan fingerprint density at radius 3 is 2.67 bits per heavy atom. The third kappa shape index (κ3) is 4.35. The van der Waals surface area contributed by atoms with Crippen molar-refractivity contribution in [2.24, 2.45) is 0 Å². The van der Waals surface area contributed by atoms with Crippen molar-refractivity contribution in [3.05, 3.63) is 41.1 Å². The quantitative estimate of drug-likeness (QED) is 0.884. The average molecular weight is 329 g/mol. The molecule has 0 atom stereocenters. The normalized spacial score (nSPS) is 15.2. The van der Waals surface area contributed by atoms with E-state index in [1.54, 1.807) is 0 Å². The number of nitrogens with zero attached hydrogens (tertiary/aromatic N) is 1. The van der Waals surface area contributed by atoms with Crippen molar-refractivity contribution in [3.8, 4) is 5.75 Å². The first-order chi connectivity index (χ1) is 11.6. The van der Waals surface area contributed by atoms with E-state index in [0.717, 1.165) is 42.9 Å². The first-order valence-electron chi connectivity index (χ1n) is 8.24. The molecule has 6 nitrogen and oxygen atoms in total. The van der Waals surface area contributed by atoms with Crippen LogP contribution in [0.5, 0.6) is 5.75 Å². The van der Waals surface area contributed by atoms with Crippen molar-refractivity contribution in [2.75, 3.05) is 25.1 Å². The van der Waals surface area contributed by atoms with Crippen LogP contribution in [0.15, 0.2) is 24.3 Å². The summed E-state index contributed by atoms with van der Waals surface area (Å²) in [4.78, 5) is 12.0. The van der Waals surface area contributed by atoms with Crippen LogP contribution in [-0.4, -0.2) is 35.9 Å². The second-order valence-corrected chi connectivity index (χ2v) is 6.26. The first kappa shape index (κ1) is 16.5. The molecule has 2 aromatic rings. The number of rotatable bonds is 5. The molecule has 1 aliphatic rings. The van der Waals surface area contributed by atoms with Crippen LogP contribution in [0.2, 0.25) is 0 Å². The van der Waals surface area contributed by atoms with Gasteiger partial charge in [-0.1, -0.05) is 6.07 Å². The molecule has 1 aliphatic heterocycles. The molecule has 1 amide bonds. The second kappa shape index (κ2) is 7.49. The molecule has 0 radical (unpaired) electrons. The van der Waals surface area contributed by atoms with E-state index in [1.165, 1.54) is 0 Å². The predicted octanol–water partition coefficient (Wildman–Crippen LogP) is 2.94. The minimum Gasteiger partial charge on any atom is -0.484 e. The largest absolute Gasteiger partial charge is 0.484 e. The van der Waals surface area contributed by atoms with Gasteiger partial charge in [0.15, 0.2) is 12.4 Å². The van der Waals surface area contributed by atoms with Gasteiger partial charge in [-0.2, -0.15) is 5.10 Å². The van der Waals surface area contributed by atoms with Gasteiger partial charge in [-0.25, -0.2) is 0 Å². The van der Waals surface area contributed by atoms with Gasteiger partial charge in [-0.15, -0.1) is 0 Å². The number of aromatic nitrogens is 2. The Morgan fingerprint density at radius 2 is 1.96 bits per heavy atom. The van der Waals surface area contributed by atoms with Gasteiger partial charge in [-0.3, -0.25) is 9.89 Å². The van der Waals surface area contributed by atoms with E-state index >= 15 is 0 Å². The summed E-state index contributed by atoms with van der Waals surface area (Å²) < 4.78 is 10.9. The molecule has 1 aromatic carbocycles. The molecule has 128 valence electrons. The van der Waals surface area contributed by atoms with E-state index in [1.807, 2.05) is 32.0 Å². The van der Waals surface area contributed by atoms with Crippen LogP contribution in [0, 0.1) is 13.8 Å². The molecule has 0 aliphatic carbocycles. The highest BCUT2D eigenvalue weighted by Gasteiger charge is 2.18. The number of amides is 1. The Labute approximate surface area is 141 Å². The van der Waals surface area contributed by atoms with E-state index in [2.05, 4.69) is 21.6 Å². The van der Waals surface area contributed by atoms with Crippen molar-refractivity contribution in [2.45, 2.75) is 32.6 Å². The number of H-pyrrole nitrogens is 1. The monoisotopic (exact) mass is 329 g/mol. The highest BCUT2D eigenvalue weighted by atomic mass is 16.5. The Morgan fingerprint density at radius 1 is 1.25 bits per heavy atom. The maximum Gasteiger partial charge on any atom is 0.263 e. The van der Waals surface area contributed by atoms with E-state index in [9.17, 15) is 4.79 Å². The van der Waals surface area contributed by atoms with E-state index in [0.29, 0.717) is 17.5 Å². The molecule has 6 heteroatoms. The highest BCUT2D eigenvalue weighted by Crippen LogP contribution is 2.26. The van der Waals surface area contributed by atoms with Gasteiger partial charge in [0.2, 0.25) is 0 Å². The van der Waals surface area contributed by atoms with Crippen LogP contribution >= 0.6 is 0 Å². The van der Waals surface area contributed by atoms with Gasteiger partial charge in [0.25, 0.3) is 5.91 Å². The molecule has 24 heavy (non-hydrogen) atoms. The summed E-state index contributed by atoms with van der Waals surface area (Å²) in [5, 5.41) is 9.93. The molecule has 2 N–H and O–H groups in total. The summed E-state index contributed by atoms with van der Waals surface area (Å²) in [6.07, 6.45) is 1.96. The van der Waals surface area contributed by atoms with Gasteiger partial charge in [0, 0.05) is 30.9 Å². The fraction of sp³-hybridized carbons (Fsp3) is 0.444. The SMILES string of the molecule is Cc1cc(C)cc(OCC(=O)Nc2cc(C3CCOCC3)[nH]n2)c1. The van der Waals surface area contributed by atoms with Gasteiger partial charge >= 0.3 is 0 Å². The minimum absolute atomic E-state index is 0.0393. The van der Waals surface area contributed by atoms with Crippen LogP contribution in [0.4, 0.5) is 5.82 Å². The van der Waals surface area contributed by atoms with E-state index in [-0.39, 0.29) is 12.5 Å². The number of carbonyl (C=O) groups excluding carboxylic acids is 1. The standard InChI is InChI=1S/C18H23N3O3/c1-12-7-13(2)9-15(8-12)24-11-18(22)19-17-10-16(20-21-17)14-3-5-23-6-4-14/h7-10,14H,3-6,11H2,1-2H3,(H2,19,20,21,22). The van der Waals surface area contributed by atoms with Crippen LogP contribution in [0.3, 0.4) is 0 Å². The topological polar surface area (TPSA) is 76.2 Å². The van der Waals surface area contributed by atoms with Crippen LogP contribution in [0.1, 0.15) is 35.6 Å². The molecule has 0 spiro atoms. The van der Waals surface area contributed by atoms with Gasteiger partial charge in [0.1, 0.15) is 5.75 Å². The number of ether oxygens (including phenoxy) is 2. The van der Waals surface area contributed by atoms with Crippen molar-refractivity contribution >= 4 is 11.7 Å². The lowest BCUT2D eigenvalue weighted by molar-refractivity contribution is -0.118. The molecular formula is C18H23N3O3. The van der Waals surface area contributed by atoms with Crippen molar-refractivity contribution in [1.29, 1.82) is 0 Å². The number of aromatic amines is 1. The molecule has 1 fully saturated rings. The molecule has 1 saturated heterocycles. The number of carbonyl (C=O) groups is 1. The zero-order valence-corrected chi connectivity index (χ0v) is 14.1. The predicted molar refractivity (Wildman–Crippen MR) is 91.4 cm³/mol. The van der Waals surface area contributed by atoms with E-state index < -0.39 is 0 Å². The second-order valence-electron chi connectivity index (χ2n) is 6.26. The first-order valence-corrected chi connectivity index (χ1v) is 8.24. The van der Waals surface area contributed by atoms with Crippen molar-refractivity contribution < 1.29 is 14.3 Å². The number of benzene rings is 1. The number of aryl methyl sites for hydroxylation is 2. The summed E-state index contributed by atoms with van der Waals surface area (Å²) in [5.41, 5.74) is 3.27. The average Bonchev–Trinajstić information content (AvgIpc) is 3.01. The number of nitrogens with one attached hydrogen (secondary N) is 2. The zero-order valence-electron chi connectivity index (χ0n) is 14.1. The maximum absolute atomic E-state index is 12.0. The molecule has 3 rings (SSSR count). The lowest BCUT2D eigenvalue weighted by Crippen LogP contribution is -2.20. The van der Waals surface area contributed by atoms with Gasteiger partial charge < -0.3 is 14.8 Å². The van der Waals surface area contributed by atoms with Crippen LogP contribution in [-0.2, 0) is 9.53 Å². The third-order valence-electron chi connectivity index (χ3n) is 4.09. The Hall–Kier alpha value is -2.34. The Bertz CT molecular complexity index is 685.